The summed E-state index contributed by atoms with van der Waals surface area (Å²) in [6, 6.07) is 12.7. The van der Waals surface area contributed by atoms with E-state index in [0.29, 0.717) is 5.56 Å². The molecule has 2 rings (SSSR count). The van der Waals surface area contributed by atoms with E-state index in [2.05, 4.69) is 15.9 Å². The molecule has 0 bridgehead atoms. The van der Waals surface area contributed by atoms with E-state index >= 15 is 0 Å². The molecular weight excluding hydrogens is 333 g/mol. The van der Waals surface area contributed by atoms with Crippen molar-refractivity contribution in [1.29, 1.82) is 0 Å². The number of hydrogen-bond donors (Lipinski definition) is 1. The van der Waals surface area contributed by atoms with Gasteiger partial charge in [-0.2, -0.15) is 0 Å². The molecule has 2 N–H and O–H groups in total. The SMILES string of the molecule is CCC(N)C(Oc1cccc(C)c1F)c1cccc(Br)c1. The van der Waals surface area contributed by atoms with E-state index in [0.717, 1.165) is 16.5 Å². The van der Waals surface area contributed by atoms with E-state index < -0.39 is 0 Å². The Balaban J connectivity index is 2.35. The Hall–Kier alpha value is -1.39. The third-order valence-corrected chi connectivity index (χ3v) is 3.94. The highest BCUT2D eigenvalue weighted by atomic mass is 79.9. The minimum absolute atomic E-state index is 0.209. The first kappa shape index (κ1) is 16.0. The van der Waals surface area contributed by atoms with Crippen LogP contribution in [-0.4, -0.2) is 6.04 Å². The smallest absolute Gasteiger partial charge is 0.167 e. The molecule has 0 aliphatic heterocycles. The lowest BCUT2D eigenvalue weighted by Crippen LogP contribution is -2.31. The molecule has 112 valence electrons. The van der Waals surface area contributed by atoms with Gasteiger partial charge in [-0.25, -0.2) is 4.39 Å². The van der Waals surface area contributed by atoms with Crippen LogP contribution in [0, 0.1) is 12.7 Å². The van der Waals surface area contributed by atoms with Gasteiger partial charge in [-0.15, -0.1) is 0 Å². The Morgan fingerprint density at radius 1 is 1.24 bits per heavy atom. The van der Waals surface area contributed by atoms with Crippen molar-refractivity contribution in [2.45, 2.75) is 32.4 Å². The summed E-state index contributed by atoms with van der Waals surface area (Å²) < 4.78 is 21.0. The minimum atomic E-state index is -0.385. The van der Waals surface area contributed by atoms with E-state index in [1.165, 1.54) is 0 Å². The normalized spacial score (nSPS) is 13.8. The van der Waals surface area contributed by atoms with Crippen LogP contribution in [0.1, 0.15) is 30.6 Å². The zero-order valence-electron chi connectivity index (χ0n) is 12.1. The summed E-state index contributed by atoms with van der Waals surface area (Å²) in [6.07, 6.45) is 0.355. The molecule has 0 fully saturated rings. The summed E-state index contributed by atoms with van der Waals surface area (Å²) in [7, 11) is 0. The second kappa shape index (κ2) is 7.05. The van der Waals surface area contributed by atoms with Crippen molar-refractivity contribution < 1.29 is 9.13 Å². The number of hydrogen-bond acceptors (Lipinski definition) is 2. The molecule has 2 atom stereocenters. The van der Waals surface area contributed by atoms with Crippen molar-refractivity contribution in [2.24, 2.45) is 5.73 Å². The third-order valence-electron chi connectivity index (χ3n) is 3.45. The number of nitrogens with two attached hydrogens (primary N) is 1. The molecule has 4 heteroatoms. The maximum absolute atomic E-state index is 14.1. The van der Waals surface area contributed by atoms with Gasteiger partial charge in [0, 0.05) is 10.5 Å². The summed E-state index contributed by atoms with van der Waals surface area (Å²) in [6.45, 7) is 3.71. The Labute approximate surface area is 133 Å². The molecule has 2 aromatic carbocycles. The van der Waals surface area contributed by atoms with Crippen molar-refractivity contribution in [1.82, 2.24) is 0 Å². The summed E-state index contributed by atoms with van der Waals surface area (Å²) >= 11 is 3.44. The predicted octanol–water partition coefficient (Wildman–Crippen LogP) is 4.75. The largest absolute Gasteiger partial charge is 0.481 e. The van der Waals surface area contributed by atoms with Gasteiger partial charge in [0.1, 0.15) is 6.10 Å². The molecule has 2 aromatic rings. The minimum Gasteiger partial charge on any atom is -0.481 e. The molecule has 0 heterocycles. The average Bonchev–Trinajstić information content (AvgIpc) is 2.48. The van der Waals surface area contributed by atoms with Crippen LogP contribution in [0.5, 0.6) is 5.75 Å². The molecule has 2 nitrogen and oxygen atoms in total. The summed E-state index contributed by atoms with van der Waals surface area (Å²) in [5.41, 5.74) is 7.66. The van der Waals surface area contributed by atoms with Crippen molar-refractivity contribution in [3.05, 3.63) is 63.9 Å². The Morgan fingerprint density at radius 2 is 1.95 bits per heavy atom. The van der Waals surface area contributed by atoms with Crippen LogP contribution >= 0.6 is 15.9 Å². The monoisotopic (exact) mass is 351 g/mol. The van der Waals surface area contributed by atoms with Crippen LogP contribution in [0.25, 0.3) is 0 Å². The summed E-state index contributed by atoms with van der Waals surface area (Å²) in [4.78, 5) is 0. The molecule has 0 saturated heterocycles. The van der Waals surface area contributed by atoms with Gasteiger partial charge < -0.3 is 10.5 Å². The molecular formula is C17H19BrFNO. The first-order chi connectivity index (χ1) is 10.0. The molecule has 0 aliphatic carbocycles. The third kappa shape index (κ3) is 3.83. The number of ether oxygens (including phenoxy) is 1. The standard InChI is InChI=1S/C17H19BrFNO/c1-3-14(20)17(12-7-5-8-13(18)10-12)21-15-9-4-6-11(2)16(15)19/h4-10,14,17H,3,20H2,1-2H3. The van der Waals surface area contributed by atoms with Gasteiger partial charge in [0.15, 0.2) is 11.6 Å². The van der Waals surface area contributed by atoms with Crippen LogP contribution in [0.15, 0.2) is 46.9 Å². The first-order valence-corrected chi connectivity index (χ1v) is 7.75. The quantitative estimate of drug-likeness (QED) is 0.843. The fourth-order valence-electron chi connectivity index (χ4n) is 2.15. The van der Waals surface area contributed by atoms with Gasteiger partial charge in [0.05, 0.1) is 0 Å². The van der Waals surface area contributed by atoms with Crippen molar-refractivity contribution in [2.75, 3.05) is 0 Å². The second-order valence-electron chi connectivity index (χ2n) is 5.05. The van der Waals surface area contributed by atoms with E-state index in [4.69, 9.17) is 10.5 Å². The van der Waals surface area contributed by atoms with E-state index in [1.54, 1.807) is 25.1 Å². The highest BCUT2D eigenvalue weighted by molar-refractivity contribution is 9.10. The van der Waals surface area contributed by atoms with E-state index in [9.17, 15) is 4.39 Å². The van der Waals surface area contributed by atoms with Gasteiger partial charge in [-0.3, -0.25) is 0 Å². The molecule has 0 spiro atoms. The average molecular weight is 352 g/mol. The fraction of sp³-hybridized carbons (Fsp3) is 0.294. The Kier molecular flexibility index (Phi) is 5.37. The second-order valence-corrected chi connectivity index (χ2v) is 5.97. The molecule has 0 amide bonds. The number of halogens is 2. The van der Waals surface area contributed by atoms with Crippen molar-refractivity contribution in [3.63, 3.8) is 0 Å². The predicted molar refractivity (Wildman–Crippen MR) is 86.9 cm³/mol. The van der Waals surface area contributed by atoms with Crippen LogP contribution in [0.4, 0.5) is 4.39 Å². The lowest BCUT2D eigenvalue weighted by molar-refractivity contribution is 0.163. The topological polar surface area (TPSA) is 35.2 Å². The fourth-order valence-corrected chi connectivity index (χ4v) is 2.57. The van der Waals surface area contributed by atoms with Crippen LogP contribution in [-0.2, 0) is 0 Å². The number of benzene rings is 2. The van der Waals surface area contributed by atoms with Crippen LogP contribution in [0.3, 0.4) is 0 Å². The lowest BCUT2D eigenvalue weighted by Gasteiger charge is -2.25. The van der Waals surface area contributed by atoms with Gasteiger partial charge in [-0.05, 0) is 42.7 Å². The Bertz CT molecular complexity index is 617. The molecule has 0 aliphatic rings. The zero-order chi connectivity index (χ0) is 15.4. The van der Waals surface area contributed by atoms with Crippen LogP contribution in [0.2, 0.25) is 0 Å². The number of aryl methyl sites for hydroxylation is 1. The summed E-state index contributed by atoms with van der Waals surface area (Å²) in [5.74, 6) is -0.0929. The van der Waals surface area contributed by atoms with Gasteiger partial charge in [-0.1, -0.05) is 47.1 Å². The van der Waals surface area contributed by atoms with Gasteiger partial charge in [0.2, 0.25) is 0 Å². The highest BCUT2D eigenvalue weighted by Crippen LogP contribution is 2.29. The van der Waals surface area contributed by atoms with Gasteiger partial charge in [0.25, 0.3) is 0 Å². The maximum atomic E-state index is 14.1. The Morgan fingerprint density at radius 3 is 2.62 bits per heavy atom. The van der Waals surface area contributed by atoms with Crippen molar-refractivity contribution >= 4 is 15.9 Å². The van der Waals surface area contributed by atoms with E-state index in [1.807, 2.05) is 31.2 Å². The molecule has 0 saturated carbocycles. The maximum Gasteiger partial charge on any atom is 0.167 e. The highest BCUT2D eigenvalue weighted by Gasteiger charge is 2.22. The number of rotatable bonds is 5. The zero-order valence-corrected chi connectivity index (χ0v) is 13.7. The molecule has 2 unspecified atom stereocenters. The van der Waals surface area contributed by atoms with Crippen molar-refractivity contribution in [3.8, 4) is 5.75 Å². The molecule has 0 radical (unpaired) electrons. The van der Waals surface area contributed by atoms with Crippen LogP contribution < -0.4 is 10.5 Å². The summed E-state index contributed by atoms with van der Waals surface area (Å²) in [5, 5.41) is 0. The molecule has 0 aromatic heterocycles. The van der Waals surface area contributed by atoms with E-state index in [-0.39, 0.29) is 23.7 Å². The molecule has 21 heavy (non-hydrogen) atoms. The lowest BCUT2D eigenvalue weighted by atomic mass is 10.0. The van der Waals surface area contributed by atoms with Gasteiger partial charge >= 0.3 is 0 Å². The first-order valence-electron chi connectivity index (χ1n) is 6.95.